The summed E-state index contributed by atoms with van der Waals surface area (Å²) < 4.78 is 25.6. The highest BCUT2D eigenvalue weighted by Gasteiger charge is 2.43. The van der Waals surface area contributed by atoms with Crippen LogP contribution < -0.4 is 10.2 Å². The van der Waals surface area contributed by atoms with Crippen molar-refractivity contribution in [3.63, 3.8) is 0 Å². The topological polar surface area (TPSA) is 59.8 Å². The summed E-state index contributed by atoms with van der Waals surface area (Å²) in [4.78, 5) is 29.1. The highest BCUT2D eigenvalue weighted by molar-refractivity contribution is 6.32. The number of ether oxygens (including phenoxy) is 1. The molecule has 1 amide bonds. The first-order chi connectivity index (χ1) is 17.7. The fraction of sp³-hybridized carbons (Fsp3) is 0.267. The highest BCUT2D eigenvalue weighted by Crippen LogP contribution is 2.40. The summed E-state index contributed by atoms with van der Waals surface area (Å²) >= 11 is 6.33. The molecule has 1 aromatic heterocycles. The van der Waals surface area contributed by atoms with E-state index in [0.717, 1.165) is 23.1 Å². The van der Waals surface area contributed by atoms with Crippen molar-refractivity contribution in [3.8, 4) is 5.75 Å². The molecule has 1 unspecified atom stereocenters. The first kappa shape index (κ1) is 25.0. The number of hydrogen-bond acceptors (Lipinski definition) is 4. The van der Waals surface area contributed by atoms with Gasteiger partial charge in [-0.1, -0.05) is 49.7 Å². The second-order valence-electron chi connectivity index (χ2n) is 9.84. The molecule has 0 aliphatic carbocycles. The van der Waals surface area contributed by atoms with Gasteiger partial charge in [-0.25, -0.2) is 4.39 Å². The van der Waals surface area contributed by atoms with Crippen molar-refractivity contribution in [1.82, 2.24) is 4.90 Å². The highest BCUT2D eigenvalue weighted by atomic mass is 35.5. The largest absolute Gasteiger partial charge is 0.494 e. The lowest BCUT2D eigenvalue weighted by atomic mass is 9.97. The average Bonchev–Trinajstić information content (AvgIpc) is 3.13. The minimum atomic E-state index is -0.707. The van der Waals surface area contributed by atoms with Crippen molar-refractivity contribution >= 4 is 28.5 Å². The van der Waals surface area contributed by atoms with Gasteiger partial charge in [0, 0.05) is 11.6 Å². The van der Waals surface area contributed by atoms with Gasteiger partial charge in [-0.3, -0.25) is 9.59 Å². The molecule has 0 bridgehead atoms. The van der Waals surface area contributed by atoms with Gasteiger partial charge in [-0.05, 0) is 72.4 Å². The van der Waals surface area contributed by atoms with Crippen LogP contribution in [-0.4, -0.2) is 17.4 Å². The molecule has 1 aliphatic rings. The number of fused-ring (bicyclic) bond motifs is 2. The summed E-state index contributed by atoms with van der Waals surface area (Å²) in [6, 6.07) is 15.9. The van der Waals surface area contributed by atoms with Gasteiger partial charge >= 0.3 is 0 Å². The van der Waals surface area contributed by atoms with Crippen molar-refractivity contribution in [2.24, 2.45) is 5.92 Å². The van der Waals surface area contributed by atoms with Crippen molar-refractivity contribution < 1.29 is 18.3 Å². The molecule has 0 fully saturated rings. The van der Waals surface area contributed by atoms with E-state index >= 15 is 0 Å². The van der Waals surface area contributed by atoms with Gasteiger partial charge in [0.25, 0.3) is 5.91 Å². The van der Waals surface area contributed by atoms with Gasteiger partial charge in [-0.2, -0.15) is 0 Å². The Kier molecular flexibility index (Phi) is 6.78. The lowest BCUT2D eigenvalue weighted by Crippen LogP contribution is -2.29. The quantitative estimate of drug-likeness (QED) is 0.262. The second-order valence-corrected chi connectivity index (χ2v) is 10.2. The van der Waals surface area contributed by atoms with Crippen LogP contribution in [0.25, 0.3) is 11.0 Å². The average molecular weight is 520 g/mol. The Labute approximate surface area is 219 Å². The van der Waals surface area contributed by atoms with Gasteiger partial charge in [0.2, 0.25) is 5.76 Å². The molecular weight excluding hydrogens is 493 g/mol. The van der Waals surface area contributed by atoms with Crippen molar-refractivity contribution in [2.45, 2.75) is 39.8 Å². The molecule has 2 heterocycles. The van der Waals surface area contributed by atoms with Crippen LogP contribution in [0.2, 0.25) is 5.02 Å². The molecule has 37 heavy (non-hydrogen) atoms. The van der Waals surface area contributed by atoms with E-state index in [-0.39, 0.29) is 29.1 Å². The minimum absolute atomic E-state index is 0.0115. The Balaban J connectivity index is 1.64. The van der Waals surface area contributed by atoms with Crippen LogP contribution in [0.5, 0.6) is 5.75 Å². The Morgan fingerprint density at radius 3 is 2.57 bits per heavy atom. The zero-order valence-electron chi connectivity index (χ0n) is 20.9. The monoisotopic (exact) mass is 519 g/mol. The number of nitrogens with zero attached hydrogens (tertiary/aromatic N) is 1. The first-order valence-electron chi connectivity index (χ1n) is 12.3. The summed E-state index contributed by atoms with van der Waals surface area (Å²) in [6.45, 7) is 6.80. The van der Waals surface area contributed by atoms with Crippen molar-refractivity contribution in [2.75, 3.05) is 6.61 Å². The predicted molar refractivity (Wildman–Crippen MR) is 142 cm³/mol. The summed E-state index contributed by atoms with van der Waals surface area (Å²) in [7, 11) is 0. The minimum Gasteiger partial charge on any atom is -0.494 e. The number of amides is 1. The number of carbonyl (C=O) groups is 1. The molecule has 0 radical (unpaired) electrons. The van der Waals surface area contributed by atoms with Crippen LogP contribution in [0.4, 0.5) is 4.39 Å². The molecule has 0 spiro atoms. The van der Waals surface area contributed by atoms with E-state index in [4.69, 9.17) is 20.8 Å². The molecule has 0 saturated heterocycles. The van der Waals surface area contributed by atoms with Gasteiger partial charge < -0.3 is 14.1 Å². The molecule has 5 nitrogen and oxygen atoms in total. The van der Waals surface area contributed by atoms with Crippen molar-refractivity contribution in [3.05, 3.63) is 110 Å². The molecule has 5 rings (SSSR count). The van der Waals surface area contributed by atoms with E-state index in [1.807, 2.05) is 31.2 Å². The standard InChI is InChI=1S/C30H27ClFNO4/c1-17(2)11-12-36-22-6-4-5-20(14-22)27-26-28(34)23-15-24(31)18(3)13-25(23)37-29(26)30(35)33(27)16-19-7-9-21(32)10-8-19/h4-10,13-15,17,27H,11-12,16H2,1-3H3. The van der Waals surface area contributed by atoms with Crippen LogP contribution >= 0.6 is 11.6 Å². The molecular formula is C30H27ClFNO4. The van der Waals surface area contributed by atoms with E-state index in [1.54, 1.807) is 29.2 Å². The fourth-order valence-corrected chi connectivity index (χ4v) is 4.79. The third-order valence-electron chi connectivity index (χ3n) is 6.65. The lowest BCUT2D eigenvalue weighted by molar-refractivity contribution is 0.0714. The molecule has 0 N–H and O–H groups in total. The van der Waals surface area contributed by atoms with Crippen LogP contribution in [-0.2, 0) is 6.54 Å². The zero-order valence-corrected chi connectivity index (χ0v) is 21.6. The number of hydrogen-bond donors (Lipinski definition) is 0. The molecule has 7 heteroatoms. The van der Waals surface area contributed by atoms with Gasteiger partial charge in [0.1, 0.15) is 17.1 Å². The van der Waals surface area contributed by atoms with Crippen LogP contribution in [0.15, 0.2) is 69.9 Å². The van der Waals surface area contributed by atoms with E-state index in [1.165, 1.54) is 12.1 Å². The molecule has 190 valence electrons. The maximum atomic E-state index is 13.8. The molecule has 3 aromatic carbocycles. The zero-order chi connectivity index (χ0) is 26.3. The van der Waals surface area contributed by atoms with Crippen LogP contribution in [0, 0.1) is 18.7 Å². The maximum absolute atomic E-state index is 13.8. The lowest BCUT2D eigenvalue weighted by Gasteiger charge is -2.25. The van der Waals surface area contributed by atoms with Gasteiger partial charge in [0.05, 0.1) is 23.6 Å². The van der Waals surface area contributed by atoms with E-state index < -0.39 is 11.9 Å². The third kappa shape index (κ3) is 4.86. The second kappa shape index (κ2) is 10.0. The Morgan fingerprint density at radius 2 is 1.84 bits per heavy atom. The van der Waals surface area contributed by atoms with E-state index in [2.05, 4.69) is 13.8 Å². The van der Waals surface area contributed by atoms with Crippen LogP contribution in [0.3, 0.4) is 0 Å². The van der Waals surface area contributed by atoms with E-state index in [0.29, 0.717) is 34.3 Å². The molecule has 1 aliphatic heterocycles. The van der Waals surface area contributed by atoms with Crippen molar-refractivity contribution in [1.29, 1.82) is 0 Å². The summed E-state index contributed by atoms with van der Waals surface area (Å²) in [5, 5.41) is 0.768. The number of aryl methyl sites for hydroxylation is 1. The summed E-state index contributed by atoms with van der Waals surface area (Å²) in [5.41, 5.74) is 2.47. The Bertz CT molecular complexity index is 1540. The van der Waals surface area contributed by atoms with Gasteiger partial charge in [0.15, 0.2) is 5.43 Å². The molecule has 1 atom stereocenters. The first-order valence-corrected chi connectivity index (χ1v) is 12.7. The van der Waals surface area contributed by atoms with Gasteiger partial charge in [-0.15, -0.1) is 0 Å². The Morgan fingerprint density at radius 1 is 1.08 bits per heavy atom. The number of carbonyl (C=O) groups excluding carboxylic acids is 1. The SMILES string of the molecule is Cc1cc2oc3c(c(=O)c2cc1Cl)C(c1cccc(OCCC(C)C)c1)N(Cc1ccc(F)cc1)C3=O. The normalized spacial score (nSPS) is 15.0. The fourth-order valence-electron chi connectivity index (χ4n) is 4.62. The predicted octanol–water partition coefficient (Wildman–Crippen LogP) is 7.06. The Hall–Kier alpha value is -3.64. The number of halogens is 2. The summed E-state index contributed by atoms with van der Waals surface area (Å²) in [6.07, 6.45) is 0.904. The number of benzene rings is 3. The number of rotatable bonds is 7. The molecule has 0 saturated carbocycles. The third-order valence-corrected chi connectivity index (χ3v) is 7.06. The van der Waals surface area contributed by atoms with Crippen LogP contribution in [0.1, 0.15) is 59.1 Å². The smallest absolute Gasteiger partial charge is 0.291 e. The van der Waals surface area contributed by atoms with E-state index in [9.17, 15) is 14.0 Å². The molecule has 4 aromatic rings. The maximum Gasteiger partial charge on any atom is 0.291 e. The summed E-state index contributed by atoms with van der Waals surface area (Å²) in [5.74, 6) is 0.407.